The summed E-state index contributed by atoms with van der Waals surface area (Å²) in [5.74, 6) is -4.78. The molecule has 24 nitrogen and oxygen atoms in total. The van der Waals surface area contributed by atoms with Crippen LogP contribution in [0.3, 0.4) is 0 Å². The first-order valence-electron chi connectivity index (χ1n) is 22.5. The molecular formula is C45H56N12O12S2. The van der Waals surface area contributed by atoms with E-state index in [9.17, 15) is 48.6 Å². The minimum Gasteiger partial charge on any atom is -0.480 e. The highest BCUT2D eigenvalue weighted by Gasteiger charge is 2.72. The molecule has 12 N–H and O–H groups in total. The molecule has 1 aliphatic carbocycles. The number of aromatic nitrogens is 4. The minimum absolute atomic E-state index is 0.0217. The molecule has 3 aliphatic heterocycles. The first kappa shape index (κ1) is 52.2. The van der Waals surface area contributed by atoms with Gasteiger partial charge in [-0.1, -0.05) is 21.6 Å². The van der Waals surface area contributed by atoms with Gasteiger partial charge in [0.15, 0.2) is 22.7 Å². The number of ketones is 3. The fourth-order valence-corrected chi connectivity index (χ4v) is 11.6. The molecule has 3 aromatic rings. The Kier molecular flexibility index (Phi) is 15.2. The summed E-state index contributed by atoms with van der Waals surface area (Å²) in [6.07, 6.45) is 0.338. The van der Waals surface area contributed by atoms with Crippen LogP contribution in [0.15, 0.2) is 57.8 Å². The van der Waals surface area contributed by atoms with Crippen molar-refractivity contribution >= 4 is 85.7 Å². The molecule has 0 saturated carbocycles. The number of aromatic amines is 1. The molecule has 26 heteroatoms. The summed E-state index contributed by atoms with van der Waals surface area (Å²) >= 11 is 0. The number of nitrogens with zero attached hydrogens (tertiary/aromatic N) is 4. The van der Waals surface area contributed by atoms with Crippen molar-refractivity contribution in [1.82, 2.24) is 46.1 Å². The van der Waals surface area contributed by atoms with Gasteiger partial charge in [-0.25, -0.2) is 19.6 Å². The Morgan fingerprint density at radius 2 is 1.72 bits per heavy atom. The number of hydrogen-bond donors (Lipinski definition) is 10. The molecule has 0 radical (unpaired) electrons. The highest BCUT2D eigenvalue weighted by molar-refractivity contribution is 8.76. The van der Waals surface area contributed by atoms with Gasteiger partial charge in [0.1, 0.15) is 18.7 Å². The number of piperazine rings is 1. The number of methoxy groups -OCH3 is 1. The van der Waals surface area contributed by atoms with Gasteiger partial charge in [0, 0.05) is 65.6 Å². The third kappa shape index (κ3) is 11.0. The topological polar surface area (TPSA) is 375 Å². The summed E-state index contributed by atoms with van der Waals surface area (Å²) < 4.78 is 11.3. The average Bonchev–Trinajstić information content (AvgIpc) is 3.93. The second kappa shape index (κ2) is 20.6. The SMILES string of the molecule is CO[C@@]12[C@H](COC(N)=O)C3=C(C(=O)C(C)=C(NC(C)(C)CCSSC[C@H](NC(C)(C)C(=O)CC[C@H](NC(=O)c4ccc(NCc5cnc6nc(N)[nH]c(=O)c6n5)cc4)C(=O)O)C(=O)O)C3=O)N1C[C@@H]1N[C@@H]12. The number of anilines is 2. The van der Waals surface area contributed by atoms with Crippen molar-refractivity contribution in [1.29, 1.82) is 0 Å². The average molecular weight is 1020 g/mol. The number of carbonyl (C=O) groups is 7. The van der Waals surface area contributed by atoms with E-state index < -0.39 is 75.9 Å². The first-order chi connectivity index (χ1) is 33.5. The molecule has 7 rings (SSSR count). The number of aliphatic carboxylic acids is 2. The molecular weight excluding hydrogens is 965 g/mol. The summed E-state index contributed by atoms with van der Waals surface area (Å²) in [7, 11) is 4.14. The van der Waals surface area contributed by atoms with Gasteiger partial charge < -0.3 is 57.3 Å². The van der Waals surface area contributed by atoms with Gasteiger partial charge in [0.25, 0.3) is 11.5 Å². The quantitative estimate of drug-likeness (QED) is 0.0257. The van der Waals surface area contributed by atoms with E-state index in [1.54, 1.807) is 19.1 Å². The van der Waals surface area contributed by atoms with Crippen molar-refractivity contribution in [3.63, 3.8) is 0 Å². The lowest BCUT2D eigenvalue weighted by Crippen LogP contribution is -2.55. The predicted molar refractivity (Wildman–Crippen MR) is 261 cm³/mol. The maximum absolute atomic E-state index is 14.3. The van der Waals surface area contributed by atoms with E-state index in [1.165, 1.54) is 60.9 Å². The second-order valence-electron chi connectivity index (χ2n) is 18.7. The van der Waals surface area contributed by atoms with Crippen LogP contribution in [-0.2, 0) is 40.0 Å². The maximum Gasteiger partial charge on any atom is 0.404 e. The number of fused-ring (bicyclic) bond motifs is 5. The van der Waals surface area contributed by atoms with Crippen LogP contribution < -0.4 is 43.6 Å². The standard InChI is InChI=1S/C45H56N12O12S2/c1-20-30(34(60)29-24(18-69-42(47)67)45(68-6)35-26(51-35)17-57(45)32(29)33(20)59)56-43(2,3)13-14-70-71-19-27(40(65)66)55-44(4,5)28(58)12-11-25(39(63)64)52-37(61)21-7-9-22(10-8-21)48-15-23-16-49-36-31(50-23)38(62)54-41(46)53-36/h7-10,16,24-27,35,48,51,55-56H,11-15,17-19H2,1-6H3,(H2,47,67)(H,52,61)(H,63,64)(H,65,66)(H3,46,49,53,54,62)/t24-,25+,26+,27+,35+,45-/m1/s1. The summed E-state index contributed by atoms with van der Waals surface area (Å²) in [6, 6.07) is 3.40. The maximum atomic E-state index is 14.3. The van der Waals surface area contributed by atoms with Gasteiger partial charge in [-0.15, -0.1) is 0 Å². The minimum atomic E-state index is -1.43. The zero-order valence-corrected chi connectivity index (χ0v) is 41.3. The highest BCUT2D eigenvalue weighted by atomic mass is 33.1. The van der Waals surface area contributed by atoms with Crippen LogP contribution in [0.4, 0.5) is 16.4 Å². The van der Waals surface area contributed by atoms with Gasteiger partial charge in [-0.05, 0) is 71.7 Å². The molecule has 5 heterocycles. The Morgan fingerprint density at radius 3 is 2.38 bits per heavy atom. The van der Waals surface area contributed by atoms with Crippen LogP contribution >= 0.6 is 21.6 Å². The number of carboxylic acid groups (broad SMARTS) is 2. The molecule has 0 bridgehead atoms. The molecule has 0 unspecified atom stereocenters. The van der Waals surface area contributed by atoms with Gasteiger partial charge in [-0.2, -0.15) is 4.98 Å². The first-order valence-corrected chi connectivity index (χ1v) is 25.0. The second-order valence-corrected chi connectivity index (χ2v) is 21.3. The van der Waals surface area contributed by atoms with Crippen LogP contribution in [0.2, 0.25) is 0 Å². The van der Waals surface area contributed by atoms with E-state index in [0.29, 0.717) is 30.1 Å². The molecule has 2 fully saturated rings. The summed E-state index contributed by atoms with van der Waals surface area (Å²) in [6.45, 7) is 8.69. The number of H-pyrrole nitrogens is 1. The van der Waals surface area contributed by atoms with E-state index in [-0.39, 0.29) is 94.8 Å². The number of primary amides is 1. The number of hydrogen-bond acceptors (Lipinski definition) is 21. The number of Topliss-reactive ketones (excluding diaryl/α,β-unsaturated/α-hetero) is 3. The van der Waals surface area contributed by atoms with Crippen molar-refractivity contribution in [3.05, 3.63) is 74.6 Å². The van der Waals surface area contributed by atoms with Gasteiger partial charge >= 0.3 is 18.0 Å². The van der Waals surface area contributed by atoms with Crippen molar-refractivity contribution in [2.45, 2.75) is 101 Å². The van der Waals surface area contributed by atoms with Gasteiger partial charge in [0.05, 0.1) is 47.3 Å². The molecule has 71 heavy (non-hydrogen) atoms. The molecule has 4 aliphatic rings. The Hall–Kier alpha value is -6.61. The fraction of sp³-hybridized carbons (Fsp3) is 0.489. The number of carbonyl (C=O) groups excluding carboxylic acids is 5. The normalized spacial score (nSPS) is 21.3. The monoisotopic (exact) mass is 1020 g/mol. The number of nitrogens with two attached hydrogens (primary N) is 2. The third-order valence-electron chi connectivity index (χ3n) is 12.9. The van der Waals surface area contributed by atoms with E-state index in [0.717, 1.165) is 0 Å². The number of carboxylic acids is 2. The number of amides is 2. The number of ether oxygens (including phenoxy) is 2. The van der Waals surface area contributed by atoms with E-state index in [1.807, 2.05) is 18.7 Å². The van der Waals surface area contributed by atoms with Gasteiger partial charge in [0.2, 0.25) is 17.5 Å². The Labute approximate surface area is 414 Å². The number of allylic oxidation sites excluding steroid dienone is 2. The van der Waals surface area contributed by atoms with Crippen LogP contribution in [0.1, 0.15) is 69.9 Å². The number of rotatable bonds is 24. The molecule has 6 atom stereocenters. The van der Waals surface area contributed by atoms with Crippen LogP contribution in [0, 0.1) is 5.92 Å². The lowest BCUT2D eigenvalue weighted by Gasteiger charge is -2.39. The van der Waals surface area contributed by atoms with E-state index in [4.69, 9.17) is 20.9 Å². The molecule has 380 valence electrons. The lowest BCUT2D eigenvalue weighted by molar-refractivity contribution is -0.140. The fourth-order valence-electron chi connectivity index (χ4n) is 9.08. The van der Waals surface area contributed by atoms with Gasteiger partial charge in [-0.3, -0.25) is 39.1 Å². The van der Waals surface area contributed by atoms with Crippen LogP contribution in [-0.4, -0.2) is 149 Å². The van der Waals surface area contributed by atoms with Crippen LogP contribution in [0.25, 0.3) is 11.2 Å². The summed E-state index contributed by atoms with van der Waals surface area (Å²) in [4.78, 5) is 120. The summed E-state index contributed by atoms with van der Waals surface area (Å²) in [5, 5.41) is 35.1. The molecule has 2 saturated heterocycles. The zero-order chi connectivity index (χ0) is 51.7. The number of nitrogen functional groups attached to an aromatic ring is 1. The summed E-state index contributed by atoms with van der Waals surface area (Å²) in [5.41, 5.74) is 9.21. The molecule has 2 amide bonds. The van der Waals surface area contributed by atoms with E-state index in [2.05, 4.69) is 46.5 Å². The molecule has 1 aromatic carbocycles. The van der Waals surface area contributed by atoms with Crippen molar-refractivity contribution < 1.29 is 53.2 Å². The predicted octanol–water partition coefficient (Wildman–Crippen LogP) is 0.805. The highest BCUT2D eigenvalue weighted by Crippen LogP contribution is 2.55. The number of benzene rings is 1. The molecule has 2 aromatic heterocycles. The molecule has 0 spiro atoms. The zero-order valence-electron chi connectivity index (χ0n) is 39.7. The third-order valence-corrected chi connectivity index (χ3v) is 15.3. The smallest absolute Gasteiger partial charge is 0.404 e. The van der Waals surface area contributed by atoms with Crippen molar-refractivity contribution in [3.8, 4) is 0 Å². The largest absolute Gasteiger partial charge is 0.480 e. The lowest BCUT2D eigenvalue weighted by atomic mass is 9.82. The number of nitrogens with one attached hydrogen (secondary N) is 6. The van der Waals surface area contributed by atoms with Crippen LogP contribution in [0.5, 0.6) is 0 Å². The van der Waals surface area contributed by atoms with Crippen molar-refractivity contribution in [2.24, 2.45) is 11.7 Å². The van der Waals surface area contributed by atoms with E-state index >= 15 is 0 Å². The Balaban J connectivity index is 0.861. The Bertz CT molecular complexity index is 2800. The Morgan fingerprint density at radius 1 is 1.01 bits per heavy atom. The van der Waals surface area contributed by atoms with Crippen molar-refractivity contribution in [2.75, 3.05) is 42.8 Å².